The number of hydrogen-bond donors (Lipinski definition) is 1. The molecule has 0 unspecified atom stereocenters. The molecule has 1 aliphatic heterocycles. The van der Waals surface area contributed by atoms with E-state index in [0.29, 0.717) is 18.0 Å². The molecule has 0 amide bonds. The minimum Gasteiger partial charge on any atom is -0.316 e. The average molecular weight is 314 g/mol. The molecule has 0 spiro atoms. The molecule has 6 heteroatoms. The van der Waals surface area contributed by atoms with Crippen molar-refractivity contribution in [2.75, 3.05) is 37.7 Å². The van der Waals surface area contributed by atoms with E-state index >= 15 is 0 Å². The second kappa shape index (κ2) is 7.45. The third kappa shape index (κ3) is 4.22. The first-order valence-corrected chi connectivity index (χ1v) is 9.55. The van der Waals surface area contributed by atoms with E-state index in [1.807, 2.05) is 19.1 Å². The van der Waals surface area contributed by atoms with Crippen molar-refractivity contribution in [1.29, 1.82) is 0 Å². The molecule has 4 nitrogen and oxygen atoms in total. The van der Waals surface area contributed by atoms with Crippen molar-refractivity contribution in [3.8, 4) is 0 Å². The Balaban J connectivity index is 2.14. The topological polar surface area (TPSA) is 49.4 Å². The van der Waals surface area contributed by atoms with Crippen molar-refractivity contribution in [1.82, 2.24) is 9.62 Å². The lowest BCUT2D eigenvalue weighted by Gasteiger charge is -2.23. The van der Waals surface area contributed by atoms with Gasteiger partial charge in [-0.2, -0.15) is 16.1 Å². The standard InChI is InChI=1S/C14H22N2O2S2/c1-13-3-5-14(6-4-13)20(17,18)16-9-2-7-15-8-11-19-12-10-16/h3-6,15H,2,7-12H2,1H3. The van der Waals surface area contributed by atoms with Crippen LogP contribution in [0.3, 0.4) is 0 Å². The molecule has 1 heterocycles. The summed E-state index contributed by atoms with van der Waals surface area (Å²) in [6.07, 6.45) is 0.857. The van der Waals surface area contributed by atoms with E-state index in [0.717, 1.165) is 36.6 Å². The normalized spacial score (nSPS) is 19.6. The van der Waals surface area contributed by atoms with Crippen molar-refractivity contribution < 1.29 is 8.42 Å². The Hall–Kier alpha value is -0.560. The fraction of sp³-hybridized carbons (Fsp3) is 0.571. The molecule has 0 bridgehead atoms. The van der Waals surface area contributed by atoms with Gasteiger partial charge < -0.3 is 5.32 Å². The van der Waals surface area contributed by atoms with E-state index < -0.39 is 10.0 Å². The molecule has 0 aliphatic carbocycles. The highest BCUT2D eigenvalue weighted by atomic mass is 32.2. The Bertz CT molecular complexity index is 504. The molecule has 0 radical (unpaired) electrons. The Morgan fingerprint density at radius 2 is 1.85 bits per heavy atom. The van der Waals surface area contributed by atoms with E-state index in [1.165, 1.54) is 0 Å². The summed E-state index contributed by atoms with van der Waals surface area (Å²) in [5.74, 6) is 1.89. The van der Waals surface area contributed by atoms with E-state index in [1.54, 1.807) is 28.2 Å². The van der Waals surface area contributed by atoms with Gasteiger partial charge in [-0.25, -0.2) is 8.42 Å². The number of rotatable bonds is 2. The molecular weight excluding hydrogens is 292 g/mol. The molecule has 0 atom stereocenters. The minimum atomic E-state index is -3.35. The zero-order chi connectivity index (χ0) is 14.4. The zero-order valence-corrected chi connectivity index (χ0v) is 13.5. The number of sulfonamides is 1. The van der Waals surface area contributed by atoms with E-state index in [9.17, 15) is 8.42 Å². The fourth-order valence-corrected chi connectivity index (χ4v) is 4.57. The molecule has 1 fully saturated rings. The van der Waals surface area contributed by atoms with Gasteiger partial charge >= 0.3 is 0 Å². The maximum absolute atomic E-state index is 12.7. The fourth-order valence-electron chi connectivity index (χ4n) is 2.13. The van der Waals surface area contributed by atoms with Crippen LogP contribution >= 0.6 is 11.8 Å². The van der Waals surface area contributed by atoms with Gasteiger partial charge in [0.15, 0.2) is 0 Å². The lowest BCUT2D eigenvalue weighted by molar-refractivity contribution is 0.417. The highest BCUT2D eigenvalue weighted by Gasteiger charge is 2.23. The number of nitrogens with one attached hydrogen (secondary N) is 1. The highest BCUT2D eigenvalue weighted by molar-refractivity contribution is 7.99. The van der Waals surface area contributed by atoms with Crippen LogP contribution in [0.1, 0.15) is 12.0 Å². The molecule has 112 valence electrons. The summed E-state index contributed by atoms with van der Waals surface area (Å²) < 4.78 is 26.9. The molecule has 0 saturated carbocycles. The first kappa shape index (κ1) is 15.8. The van der Waals surface area contributed by atoms with E-state index in [-0.39, 0.29) is 0 Å². The third-order valence-corrected chi connectivity index (χ3v) is 6.20. The van der Waals surface area contributed by atoms with Gasteiger partial charge in [0, 0.05) is 31.1 Å². The minimum absolute atomic E-state index is 0.401. The van der Waals surface area contributed by atoms with Crippen LogP contribution in [0.5, 0.6) is 0 Å². The molecule has 1 saturated heterocycles. The molecular formula is C14H22N2O2S2. The quantitative estimate of drug-likeness (QED) is 0.903. The van der Waals surface area contributed by atoms with E-state index in [2.05, 4.69) is 5.32 Å². The molecule has 2 rings (SSSR count). The Kier molecular flexibility index (Phi) is 5.89. The zero-order valence-electron chi connectivity index (χ0n) is 11.8. The number of benzene rings is 1. The van der Waals surface area contributed by atoms with Crippen LogP contribution in [0.15, 0.2) is 29.2 Å². The van der Waals surface area contributed by atoms with Crippen molar-refractivity contribution in [3.05, 3.63) is 29.8 Å². The van der Waals surface area contributed by atoms with Gasteiger partial charge in [-0.15, -0.1) is 0 Å². The van der Waals surface area contributed by atoms with Crippen LogP contribution in [0.4, 0.5) is 0 Å². The number of aryl methyl sites for hydroxylation is 1. The summed E-state index contributed by atoms with van der Waals surface area (Å²) in [4.78, 5) is 0.401. The van der Waals surface area contributed by atoms with Crippen LogP contribution in [0.2, 0.25) is 0 Å². The van der Waals surface area contributed by atoms with Gasteiger partial charge in [-0.05, 0) is 32.0 Å². The smallest absolute Gasteiger partial charge is 0.243 e. The van der Waals surface area contributed by atoms with Gasteiger partial charge in [-0.1, -0.05) is 17.7 Å². The van der Waals surface area contributed by atoms with Crippen LogP contribution in [-0.2, 0) is 10.0 Å². The summed E-state index contributed by atoms with van der Waals surface area (Å²) in [6, 6.07) is 7.11. The maximum Gasteiger partial charge on any atom is 0.243 e. The van der Waals surface area contributed by atoms with Gasteiger partial charge in [0.25, 0.3) is 0 Å². The van der Waals surface area contributed by atoms with Crippen molar-refractivity contribution in [3.63, 3.8) is 0 Å². The van der Waals surface area contributed by atoms with Gasteiger partial charge in [0.05, 0.1) is 4.90 Å². The van der Waals surface area contributed by atoms with Crippen molar-refractivity contribution in [2.24, 2.45) is 0 Å². The molecule has 1 aliphatic rings. The second-order valence-electron chi connectivity index (χ2n) is 4.93. The van der Waals surface area contributed by atoms with Gasteiger partial charge in [0.2, 0.25) is 10.0 Å². The summed E-state index contributed by atoms with van der Waals surface area (Å²) in [5, 5.41) is 3.33. The highest BCUT2D eigenvalue weighted by Crippen LogP contribution is 2.17. The lowest BCUT2D eigenvalue weighted by atomic mass is 10.2. The van der Waals surface area contributed by atoms with Crippen LogP contribution in [0.25, 0.3) is 0 Å². The first-order chi connectivity index (χ1) is 9.60. The molecule has 20 heavy (non-hydrogen) atoms. The van der Waals surface area contributed by atoms with Crippen LogP contribution < -0.4 is 5.32 Å². The van der Waals surface area contributed by atoms with Gasteiger partial charge in [-0.3, -0.25) is 0 Å². The Morgan fingerprint density at radius 1 is 1.10 bits per heavy atom. The summed E-state index contributed by atoms with van der Waals surface area (Å²) in [6.45, 7) is 5.03. The summed E-state index contributed by atoms with van der Waals surface area (Å²) in [5.41, 5.74) is 1.07. The van der Waals surface area contributed by atoms with Crippen molar-refractivity contribution >= 4 is 21.8 Å². The SMILES string of the molecule is Cc1ccc(S(=O)(=O)N2CCCNCCSCC2)cc1. The average Bonchev–Trinajstić information content (AvgIpc) is 2.45. The Labute approximate surface area is 126 Å². The maximum atomic E-state index is 12.7. The number of nitrogens with zero attached hydrogens (tertiary/aromatic N) is 1. The lowest BCUT2D eigenvalue weighted by Crippen LogP contribution is -2.36. The Morgan fingerprint density at radius 3 is 2.60 bits per heavy atom. The van der Waals surface area contributed by atoms with Gasteiger partial charge in [0.1, 0.15) is 0 Å². The van der Waals surface area contributed by atoms with Crippen LogP contribution in [-0.4, -0.2) is 50.4 Å². The molecule has 0 aromatic heterocycles. The summed E-state index contributed by atoms with van der Waals surface area (Å²) in [7, 11) is -3.35. The number of thioether (sulfide) groups is 1. The molecule has 1 aromatic rings. The number of hydrogen-bond acceptors (Lipinski definition) is 4. The molecule has 1 aromatic carbocycles. The predicted molar refractivity (Wildman–Crippen MR) is 84.7 cm³/mol. The van der Waals surface area contributed by atoms with E-state index in [4.69, 9.17) is 0 Å². The monoisotopic (exact) mass is 314 g/mol. The second-order valence-corrected chi connectivity index (χ2v) is 8.10. The molecule has 1 N–H and O–H groups in total. The largest absolute Gasteiger partial charge is 0.316 e. The van der Waals surface area contributed by atoms with Crippen molar-refractivity contribution in [2.45, 2.75) is 18.2 Å². The summed E-state index contributed by atoms with van der Waals surface area (Å²) >= 11 is 1.80. The third-order valence-electron chi connectivity index (χ3n) is 3.33. The predicted octanol–water partition coefficient (Wildman–Crippen LogP) is 1.71. The first-order valence-electron chi connectivity index (χ1n) is 6.96. The van der Waals surface area contributed by atoms with Crippen LogP contribution in [0, 0.1) is 6.92 Å².